The van der Waals surface area contributed by atoms with Crippen LogP contribution in [0.15, 0.2) is 5.16 Å². The number of rotatable bonds is 4. The Morgan fingerprint density at radius 2 is 2.05 bits per heavy atom. The predicted molar refractivity (Wildman–Crippen MR) is 82.3 cm³/mol. The average molecular weight is 291 g/mol. The summed E-state index contributed by atoms with van der Waals surface area (Å²) in [6, 6.07) is 0. The Labute approximate surface area is 123 Å². The zero-order chi connectivity index (χ0) is 15.8. The highest BCUT2D eigenvalue weighted by atomic mass is 16.6. The number of oxime groups is 1. The van der Waals surface area contributed by atoms with E-state index in [-0.39, 0.29) is 0 Å². The molecular formula is C14H21N5O2. The topological polar surface area (TPSA) is 98.5 Å². The third-order valence-corrected chi connectivity index (χ3v) is 3.24. The van der Waals surface area contributed by atoms with Gasteiger partial charge in [-0.15, -0.1) is 0 Å². The van der Waals surface area contributed by atoms with Gasteiger partial charge in [0.05, 0.1) is 17.7 Å². The molecule has 0 atom stereocenters. The molecule has 2 aromatic heterocycles. The maximum absolute atomic E-state index is 10.2. The number of fused-ring (bicyclic) bond motifs is 1. The van der Waals surface area contributed by atoms with Gasteiger partial charge in [0, 0.05) is 5.69 Å². The quantitative estimate of drug-likeness (QED) is 0.655. The summed E-state index contributed by atoms with van der Waals surface area (Å²) in [7, 11) is 1.46. The first-order valence-corrected chi connectivity index (χ1v) is 6.66. The van der Waals surface area contributed by atoms with Crippen molar-refractivity contribution in [2.45, 2.75) is 39.8 Å². The lowest BCUT2D eigenvalue weighted by Gasteiger charge is -2.20. The van der Waals surface area contributed by atoms with Crippen LogP contribution in [0.1, 0.15) is 30.9 Å². The number of nitrogen functional groups attached to an aromatic ring is 1. The molecule has 114 valence electrons. The van der Waals surface area contributed by atoms with Crippen molar-refractivity contribution in [3.05, 3.63) is 17.1 Å². The molecule has 0 radical (unpaired) electrons. The largest absolute Gasteiger partial charge is 0.399 e. The number of aromatic nitrogens is 3. The monoisotopic (exact) mass is 291 g/mol. The van der Waals surface area contributed by atoms with Gasteiger partial charge in [-0.3, -0.25) is 0 Å². The zero-order valence-corrected chi connectivity index (χ0v) is 13.0. The van der Waals surface area contributed by atoms with E-state index in [1.54, 1.807) is 13.8 Å². The summed E-state index contributed by atoms with van der Waals surface area (Å²) < 4.78 is 1.89. The Kier molecular flexibility index (Phi) is 3.87. The SMILES string of the molecule is CO/N=C/c1nc2c(N)nc(C)c(C)c2n1CC(C)(C)O. The van der Waals surface area contributed by atoms with E-state index < -0.39 is 5.60 Å². The van der Waals surface area contributed by atoms with Crippen molar-refractivity contribution in [1.29, 1.82) is 0 Å². The lowest BCUT2D eigenvalue weighted by atomic mass is 10.1. The lowest BCUT2D eigenvalue weighted by Crippen LogP contribution is -2.27. The van der Waals surface area contributed by atoms with Crippen LogP contribution >= 0.6 is 0 Å². The van der Waals surface area contributed by atoms with Crippen LogP contribution in [-0.2, 0) is 11.4 Å². The molecule has 3 N–H and O–H groups in total. The van der Waals surface area contributed by atoms with E-state index in [0.29, 0.717) is 23.7 Å². The van der Waals surface area contributed by atoms with Crippen LogP contribution in [0.4, 0.5) is 5.82 Å². The van der Waals surface area contributed by atoms with Crippen LogP contribution in [0.5, 0.6) is 0 Å². The molecule has 0 aromatic carbocycles. The smallest absolute Gasteiger partial charge is 0.155 e. The van der Waals surface area contributed by atoms with Gasteiger partial charge in [-0.05, 0) is 33.3 Å². The second-order valence-electron chi connectivity index (χ2n) is 5.69. The standard InChI is InChI=1S/C14H21N5O2/c1-8-9(2)17-13(15)11-12(8)19(7-14(3,4)20)10(18-11)6-16-21-5/h6,20H,7H2,1-5H3,(H2,15,17)/b16-6+. The van der Waals surface area contributed by atoms with E-state index >= 15 is 0 Å². The molecule has 0 fully saturated rings. The van der Waals surface area contributed by atoms with Crippen LogP contribution in [0, 0.1) is 13.8 Å². The summed E-state index contributed by atoms with van der Waals surface area (Å²) in [6.07, 6.45) is 1.50. The first-order valence-electron chi connectivity index (χ1n) is 6.66. The first kappa shape index (κ1) is 15.2. The van der Waals surface area contributed by atoms with Gasteiger partial charge in [0.15, 0.2) is 11.6 Å². The van der Waals surface area contributed by atoms with Crippen molar-refractivity contribution < 1.29 is 9.94 Å². The summed E-state index contributed by atoms with van der Waals surface area (Å²) in [4.78, 5) is 13.5. The molecule has 0 unspecified atom stereocenters. The molecule has 7 nitrogen and oxygen atoms in total. The molecule has 0 amide bonds. The maximum Gasteiger partial charge on any atom is 0.155 e. The van der Waals surface area contributed by atoms with Gasteiger partial charge in [0.2, 0.25) is 0 Å². The highest BCUT2D eigenvalue weighted by Gasteiger charge is 2.22. The summed E-state index contributed by atoms with van der Waals surface area (Å²) in [5.74, 6) is 0.936. The Morgan fingerprint density at radius 1 is 1.38 bits per heavy atom. The van der Waals surface area contributed by atoms with Gasteiger partial charge >= 0.3 is 0 Å². The number of aryl methyl sites for hydroxylation is 2. The minimum absolute atomic E-state index is 0.359. The molecule has 0 bridgehead atoms. The van der Waals surface area contributed by atoms with Crippen LogP contribution in [-0.4, -0.2) is 38.6 Å². The van der Waals surface area contributed by atoms with Gasteiger partial charge in [-0.1, -0.05) is 5.16 Å². The Morgan fingerprint density at radius 3 is 2.62 bits per heavy atom. The third-order valence-electron chi connectivity index (χ3n) is 3.24. The number of pyridine rings is 1. The molecule has 0 saturated carbocycles. The number of nitrogens with two attached hydrogens (primary N) is 1. The molecule has 0 aliphatic rings. The van der Waals surface area contributed by atoms with E-state index in [2.05, 4.69) is 15.1 Å². The van der Waals surface area contributed by atoms with Crippen molar-refractivity contribution in [3.63, 3.8) is 0 Å². The van der Waals surface area contributed by atoms with Crippen LogP contribution in [0.25, 0.3) is 11.0 Å². The normalized spacial score (nSPS) is 12.5. The van der Waals surface area contributed by atoms with E-state index in [1.807, 2.05) is 18.4 Å². The Hall–Kier alpha value is -2.15. The van der Waals surface area contributed by atoms with Crippen LogP contribution < -0.4 is 5.73 Å². The fourth-order valence-electron chi connectivity index (χ4n) is 2.26. The summed E-state index contributed by atoms with van der Waals surface area (Å²) in [5, 5.41) is 13.9. The molecule has 0 aliphatic carbocycles. The zero-order valence-electron chi connectivity index (χ0n) is 13.0. The number of imidazole rings is 1. The predicted octanol–water partition coefficient (Wildman–Crippen LogP) is 1.38. The van der Waals surface area contributed by atoms with E-state index in [9.17, 15) is 5.11 Å². The van der Waals surface area contributed by atoms with Gasteiger partial charge in [0.1, 0.15) is 18.8 Å². The number of nitrogens with zero attached hydrogens (tertiary/aromatic N) is 4. The number of hydrogen-bond acceptors (Lipinski definition) is 6. The molecule has 2 rings (SSSR count). The molecule has 2 aromatic rings. The minimum atomic E-state index is -0.901. The molecule has 0 aliphatic heterocycles. The highest BCUT2D eigenvalue weighted by molar-refractivity contribution is 5.92. The molecule has 2 heterocycles. The summed E-state index contributed by atoms with van der Waals surface area (Å²) in [5.41, 5.74) is 8.37. The maximum atomic E-state index is 10.2. The van der Waals surface area contributed by atoms with Crippen molar-refractivity contribution >= 4 is 23.1 Å². The van der Waals surface area contributed by atoms with Gasteiger partial charge in [-0.25, -0.2) is 9.97 Å². The van der Waals surface area contributed by atoms with E-state index in [4.69, 9.17) is 10.6 Å². The second-order valence-corrected chi connectivity index (χ2v) is 5.69. The van der Waals surface area contributed by atoms with Crippen molar-refractivity contribution in [2.75, 3.05) is 12.8 Å². The first-order chi connectivity index (χ1) is 9.74. The number of aliphatic hydroxyl groups is 1. The van der Waals surface area contributed by atoms with Crippen LogP contribution in [0.3, 0.4) is 0 Å². The van der Waals surface area contributed by atoms with Crippen molar-refractivity contribution in [2.24, 2.45) is 5.16 Å². The molecule has 0 spiro atoms. The lowest BCUT2D eigenvalue weighted by molar-refractivity contribution is 0.0625. The molecule has 0 saturated heterocycles. The summed E-state index contributed by atoms with van der Waals surface area (Å²) >= 11 is 0. The Balaban J connectivity index is 2.78. The second kappa shape index (κ2) is 5.33. The summed E-state index contributed by atoms with van der Waals surface area (Å²) in [6.45, 7) is 7.70. The van der Waals surface area contributed by atoms with E-state index in [0.717, 1.165) is 16.8 Å². The molecular weight excluding hydrogens is 270 g/mol. The van der Waals surface area contributed by atoms with Gasteiger partial charge in [0.25, 0.3) is 0 Å². The van der Waals surface area contributed by atoms with Gasteiger partial charge < -0.3 is 20.2 Å². The van der Waals surface area contributed by atoms with Crippen molar-refractivity contribution in [3.8, 4) is 0 Å². The third kappa shape index (κ3) is 2.97. The van der Waals surface area contributed by atoms with Crippen LogP contribution in [0.2, 0.25) is 0 Å². The van der Waals surface area contributed by atoms with Crippen molar-refractivity contribution in [1.82, 2.24) is 14.5 Å². The molecule has 7 heteroatoms. The average Bonchev–Trinajstić information content (AvgIpc) is 2.71. The fourth-order valence-corrected chi connectivity index (χ4v) is 2.26. The van der Waals surface area contributed by atoms with Gasteiger partial charge in [-0.2, -0.15) is 0 Å². The van der Waals surface area contributed by atoms with E-state index in [1.165, 1.54) is 13.3 Å². The fraction of sp³-hybridized carbons (Fsp3) is 0.500. The number of anilines is 1. The number of hydrogen-bond donors (Lipinski definition) is 2. The minimum Gasteiger partial charge on any atom is -0.399 e. The highest BCUT2D eigenvalue weighted by Crippen LogP contribution is 2.26. The molecule has 21 heavy (non-hydrogen) atoms. The Bertz CT molecular complexity index is 698.